The topological polar surface area (TPSA) is 21.7 Å². The molecule has 0 aromatic heterocycles. The second kappa shape index (κ2) is 5.53. The molecule has 1 aliphatic rings. The molecule has 1 saturated heterocycles. The first kappa shape index (κ1) is 12.4. The summed E-state index contributed by atoms with van der Waals surface area (Å²) in [5.74, 6) is -1.66. The van der Waals surface area contributed by atoms with E-state index in [1.54, 1.807) is 18.2 Å². The third-order valence-corrected chi connectivity index (χ3v) is 2.78. The van der Waals surface area contributed by atoms with Gasteiger partial charge in [0.1, 0.15) is 6.10 Å². The van der Waals surface area contributed by atoms with Gasteiger partial charge in [-0.15, -0.1) is 0 Å². The van der Waals surface area contributed by atoms with E-state index in [1.807, 2.05) is 0 Å². The van der Waals surface area contributed by atoms with Crippen LogP contribution in [-0.2, 0) is 9.57 Å². The quantitative estimate of drug-likeness (QED) is 0.809. The van der Waals surface area contributed by atoms with Crippen LogP contribution in [0.5, 0.6) is 0 Å². The lowest BCUT2D eigenvalue weighted by Crippen LogP contribution is -2.22. The molecular formula is C12H15F2NO2. The Bertz CT molecular complexity index is 387. The minimum Gasteiger partial charge on any atom is -0.383 e. The monoisotopic (exact) mass is 243 g/mol. The molecule has 0 N–H and O–H groups in total. The van der Waals surface area contributed by atoms with Crippen molar-refractivity contribution < 1.29 is 18.4 Å². The molecule has 0 saturated carbocycles. The van der Waals surface area contributed by atoms with E-state index >= 15 is 0 Å². The van der Waals surface area contributed by atoms with E-state index in [1.165, 1.54) is 6.07 Å². The van der Waals surface area contributed by atoms with Crippen molar-refractivity contribution in [2.75, 3.05) is 26.8 Å². The Kier molecular flexibility index (Phi) is 4.04. The van der Waals surface area contributed by atoms with Crippen molar-refractivity contribution in [1.82, 2.24) is 5.06 Å². The summed E-state index contributed by atoms with van der Waals surface area (Å²) in [6.45, 7) is 2.04. The lowest BCUT2D eigenvalue weighted by molar-refractivity contribution is -0.153. The summed E-state index contributed by atoms with van der Waals surface area (Å²) in [5, 5.41) is 1.79. The molecule has 0 unspecified atom stereocenters. The largest absolute Gasteiger partial charge is 0.383 e. The molecule has 1 aromatic rings. The lowest BCUT2D eigenvalue weighted by atomic mass is 10.1. The zero-order chi connectivity index (χ0) is 12.3. The molecule has 1 aromatic carbocycles. The Balaban J connectivity index is 1.97. The molecule has 0 bridgehead atoms. The Labute approximate surface area is 98.9 Å². The van der Waals surface area contributed by atoms with Crippen molar-refractivity contribution in [2.45, 2.75) is 12.5 Å². The van der Waals surface area contributed by atoms with Crippen molar-refractivity contribution in [1.29, 1.82) is 0 Å². The van der Waals surface area contributed by atoms with E-state index in [4.69, 9.17) is 9.57 Å². The first-order valence-electron chi connectivity index (χ1n) is 5.56. The molecule has 0 radical (unpaired) electrons. The SMILES string of the molecule is COCCN1CC[C@H](c2ccc(F)c(F)c2)O1. The summed E-state index contributed by atoms with van der Waals surface area (Å²) in [7, 11) is 1.63. The van der Waals surface area contributed by atoms with Crippen molar-refractivity contribution in [2.24, 2.45) is 0 Å². The summed E-state index contributed by atoms with van der Waals surface area (Å²) < 4.78 is 30.8. The van der Waals surface area contributed by atoms with Gasteiger partial charge in [0.25, 0.3) is 0 Å². The number of hydrogen-bond acceptors (Lipinski definition) is 3. The van der Waals surface area contributed by atoms with Crippen molar-refractivity contribution in [3.63, 3.8) is 0 Å². The third kappa shape index (κ3) is 3.00. The number of benzene rings is 1. The Morgan fingerprint density at radius 2 is 2.24 bits per heavy atom. The fraction of sp³-hybridized carbons (Fsp3) is 0.500. The second-order valence-electron chi connectivity index (χ2n) is 3.98. The molecule has 0 aliphatic carbocycles. The fourth-order valence-electron chi connectivity index (χ4n) is 1.84. The molecule has 94 valence electrons. The van der Waals surface area contributed by atoms with E-state index < -0.39 is 11.6 Å². The highest BCUT2D eigenvalue weighted by Gasteiger charge is 2.25. The maximum absolute atomic E-state index is 13.1. The van der Waals surface area contributed by atoms with Crippen LogP contribution in [0.4, 0.5) is 8.78 Å². The first-order chi connectivity index (χ1) is 8.20. The van der Waals surface area contributed by atoms with Gasteiger partial charge in [0.05, 0.1) is 6.61 Å². The molecule has 1 atom stereocenters. The maximum Gasteiger partial charge on any atom is 0.159 e. The molecule has 2 rings (SSSR count). The highest BCUT2D eigenvalue weighted by atomic mass is 19.2. The van der Waals surface area contributed by atoms with Crippen LogP contribution in [0.15, 0.2) is 18.2 Å². The lowest BCUT2D eigenvalue weighted by Gasteiger charge is -2.16. The Morgan fingerprint density at radius 1 is 1.41 bits per heavy atom. The number of halogens is 2. The van der Waals surface area contributed by atoms with Crippen LogP contribution in [0.1, 0.15) is 18.1 Å². The maximum atomic E-state index is 13.1. The van der Waals surface area contributed by atoms with Crippen LogP contribution in [0, 0.1) is 11.6 Å². The second-order valence-corrected chi connectivity index (χ2v) is 3.98. The average molecular weight is 243 g/mol. The smallest absolute Gasteiger partial charge is 0.159 e. The van der Waals surface area contributed by atoms with Gasteiger partial charge in [0, 0.05) is 20.2 Å². The van der Waals surface area contributed by atoms with E-state index in [9.17, 15) is 8.78 Å². The van der Waals surface area contributed by atoms with Crippen LogP contribution in [-0.4, -0.2) is 31.9 Å². The molecule has 0 amide bonds. The average Bonchev–Trinajstić information content (AvgIpc) is 2.79. The van der Waals surface area contributed by atoms with Crippen molar-refractivity contribution in [3.05, 3.63) is 35.4 Å². The summed E-state index contributed by atoms with van der Waals surface area (Å²) >= 11 is 0. The molecule has 5 heteroatoms. The van der Waals surface area contributed by atoms with Gasteiger partial charge in [-0.05, 0) is 24.1 Å². The molecule has 17 heavy (non-hydrogen) atoms. The van der Waals surface area contributed by atoms with E-state index in [0.29, 0.717) is 18.7 Å². The minimum absolute atomic E-state index is 0.193. The summed E-state index contributed by atoms with van der Waals surface area (Å²) in [6, 6.07) is 3.88. The fourth-order valence-corrected chi connectivity index (χ4v) is 1.84. The van der Waals surface area contributed by atoms with Gasteiger partial charge >= 0.3 is 0 Å². The van der Waals surface area contributed by atoms with Crippen molar-refractivity contribution >= 4 is 0 Å². The minimum atomic E-state index is -0.832. The first-order valence-corrected chi connectivity index (χ1v) is 5.56. The normalized spacial score (nSPS) is 21.0. The molecule has 1 fully saturated rings. The number of hydroxylamine groups is 2. The van der Waals surface area contributed by atoms with Crippen LogP contribution >= 0.6 is 0 Å². The van der Waals surface area contributed by atoms with E-state index in [-0.39, 0.29) is 6.10 Å². The zero-order valence-corrected chi connectivity index (χ0v) is 9.66. The number of methoxy groups -OCH3 is 1. The standard InChI is InChI=1S/C12H15F2NO2/c1-16-7-6-15-5-4-12(17-15)9-2-3-10(13)11(14)8-9/h2-3,8,12H,4-7H2,1H3/t12-/m1/s1. The van der Waals surface area contributed by atoms with Gasteiger partial charge in [-0.25, -0.2) is 8.78 Å². The van der Waals surface area contributed by atoms with Gasteiger partial charge < -0.3 is 4.74 Å². The molecule has 1 heterocycles. The molecular weight excluding hydrogens is 228 g/mol. The van der Waals surface area contributed by atoms with Gasteiger partial charge in [0.2, 0.25) is 0 Å². The number of hydrogen-bond donors (Lipinski definition) is 0. The van der Waals surface area contributed by atoms with Gasteiger partial charge in [-0.3, -0.25) is 4.84 Å². The Hall–Kier alpha value is -1.04. The summed E-state index contributed by atoms with van der Waals surface area (Å²) in [4.78, 5) is 5.61. The van der Waals surface area contributed by atoms with Crippen LogP contribution in [0.2, 0.25) is 0 Å². The van der Waals surface area contributed by atoms with Gasteiger partial charge in [-0.1, -0.05) is 6.07 Å². The highest BCUT2D eigenvalue weighted by molar-refractivity contribution is 5.20. The number of rotatable bonds is 4. The van der Waals surface area contributed by atoms with Gasteiger partial charge in [0.15, 0.2) is 11.6 Å². The summed E-state index contributed by atoms with van der Waals surface area (Å²) in [5.41, 5.74) is 0.670. The van der Waals surface area contributed by atoms with E-state index in [0.717, 1.165) is 19.0 Å². The van der Waals surface area contributed by atoms with E-state index in [2.05, 4.69) is 0 Å². The third-order valence-electron chi connectivity index (χ3n) is 2.78. The Morgan fingerprint density at radius 3 is 2.94 bits per heavy atom. The highest BCUT2D eigenvalue weighted by Crippen LogP contribution is 2.29. The number of nitrogens with zero attached hydrogens (tertiary/aromatic N) is 1. The molecule has 0 spiro atoms. The van der Waals surface area contributed by atoms with Crippen LogP contribution in [0.3, 0.4) is 0 Å². The summed E-state index contributed by atoms with van der Waals surface area (Å²) in [6.07, 6.45) is 0.580. The van der Waals surface area contributed by atoms with Crippen LogP contribution < -0.4 is 0 Å². The van der Waals surface area contributed by atoms with Gasteiger partial charge in [-0.2, -0.15) is 5.06 Å². The molecule has 1 aliphatic heterocycles. The predicted octanol–water partition coefficient (Wildman–Crippen LogP) is 2.29. The zero-order valence-electron chi connectivity index (χ0n) is 9.66. The van der Waals surface area contributed by atoms with Crippen molar-refractivity contribution in [3.8, 4) is 0 Å². The number of ether oxygens (including phenoxy) is 1. The predicted molar refractivity (Wildman–Crippen MR) is 58.3 cm³/mol. The van der Waals surface area contributed by atoms with Crippen LogP contribution in [0.25, 0.3) is 0 Å². The molecule has 3 nitrogen and oxygen atoms in total.